The number of carbonyl (C=O) groups excluding carboxylic acids is 1. The van der Waals surface area contributed by atoms with Crippen LogP contribution in [0.25, 0.3) is 0 Å². The molecule has 0 saturated heterocycles. The Labute approximate surface area is 197 Å². The number of unbranched alkanes of at least 4 members (excludes halogenated alkanes) is 1. The summed E-state index contributed by atoms with van der Waals surface area (Å²) < 4.78 is 31.9. The van der Waals surface area contributed by atoms with Crippen molar-refractivity contribution >= 4 is 17.5 Å². The van der Waals surface area contributed by atoms with Crippen LogP contribution in [0.5, 0.6) is 0 Å². The number of aromatic nitrogens is 1. The normalized spacial score (nSPS) is 13.2. The van der Waals surface area contributed by atoms with Gasteiger partial charge in [0.1, 0.15) is 11.6 Å². The summed E-state index contributed by atoms with van der Waals surface area (Å²) in [6.07, 6.45) is 2.88. The molecule has 0 radical (unpaired) electrons. The number of hydroxylamine groups is 1. The third-order valence-corrected chi connectivity index (χ3v) is 5.78. The zero-order chi connectivity index (χ0) is 24.2. The third kappa shape index (κ3) is 8.94. The van der Waals surface area contributed by atoms with Gasteiger partial charge < -0.3 is 9.84 Å². The predicted molar refractivity (Wildman–Crippen MR) is 120 cm³/mol. The molecule has 0 bridgehead atoms. The maximum Gasteiger partial charge on any atom is 0.246 e. The van der Waals surface area contributed by atoms with E-state index in [4.69, 9.17) is 21.5 Å². The van der Waals surface area contributed by atoms with Crippen LogP contribution in [-0.2, 0) is 16.1 Å². The number of methoxy groups -OCH3 is 1. The first-order valence-corrected chi connectivity index (χ1v) is 11.1. The van der Waals surface area contributed by atoms with Gasteiger partial charge >= 0.3 is 0 Å². The second-order valence-electron chi connectivity index (χ2n) is 7.76. The van der Waals surface area contributed by atoms with Gasteiger partial charge in [0, 0.05) is 26.1 Å². The largest absolute Gasteiger partial charge is 0.395 e. The van der Waals surface area contributed by atoms with Crippen LogP contribution >= 0.6 is 11.6 Å². The molecule has 1 aromatic carbocycles. The zero-order valence-corrected chi connectivity index (χ0v) is 19.3. The smallest absolute Gasteiger partial charge is 0.246 e. The molecule has 2 atom stereocenters. The molecule has 0 aliphatic heterocycles. The predicted octanol–water partition coefficient (Wildman–Crippen LogP) is 3.88. The summed E-state index contributed by atoms with van der Waals surface area (Å²) in [4.78, 5) is 18.2. The Kier molecular flexibility index (Phi) is 11.6. The van der Waals surface area contributed by atoms with E-state index in [0.29, 0.717) is 51.0 Å². The summed E-state index contributed by atoms with van der Waals surface area (Å²) >= 11 is 6.06. The fourth-order valence-electron chi connectivity index (χ4n) is 3.66. The van der Waals surface area contributed by atoms with E-state index in [-0.39, 0.29) is 17.4 Å². The molecule has 1 amide bonds. The van der Waals surface area contributed by atoms with Gasteiger partial charge in [-0.1, -0.05) is 30.2 Å². The molecular weight excluding hydrogens is 456 g/mol. The van der Waals surface area contributed by atoms with Crippen molar-refractivity contribution in [3.05, 3.63) is 64.4 Å². The van der Waals surface area contributed by atoms with Gasteiger partial charge in [0.25, 0.3) is 0 Å². The summed E-state index contributed by atoms with van der Waals surface area (Å²) in [6.45, 7) is 1.30. The van der Waals surface area contributed by atoms with E-state index < -0.39 is 23.7 Å². The van der Waals surface area contributed by atoms with Crippen LogP contribution < -0.4 is 5.48 Å². The summed E-state index contributed by atoms with van der Waals surface area (Å²) in [5.74, 6) is -1.89. The molecule has 1 heterocycles. The van der Waals surface area contributed by atoms with Gasteiger partial charge in [-0.2, -0.15) is 0 Å². The number of aliphatic hydroxyl groups excluding tert-OH is 1. The Morgan fingerprint density at radius 2 is 1.94 bits per heavy atom. The number of carbonyl (C=O) groups is 1. The third-order valence-electron chi connectivity index (χ3n) is 5.46. The molecule has 10 heteroatoms. The van der Waals surface area contributed by atoms with Crippen molar-refractivity contribution in [3.8, 4) is 0 Å². The highest BCUT2D eigenvalue weighted by Gasteiger charge is 2.24. The van der Waals surface area contributed by atoms with Crippen LogP contribution in [0.15, 0.2) is 36.5 Å². The Morgan fingerprint density at radius 3 is 2.55 bits per heavy atom. The molecule has 0 aliphatic rings. The van der Waals surface area contributed by atoms with E-state index in [1.807, 2.05) is 4.90 Å². The molecule has 0 spiro atoms. The zero-order valence-electron chi connectivity index (χ0n) is 18.5. The van der Waals surface area contributed by atoms with Crippen molar-refractivity contribution in [2.75, 3.05) is 26.8 Å². The Morgan fingerprint density at radius 1 is 1.21 bits per heavy atom. The topological polar surface area (TPSA) is 94.9 Å². The molecule has 3 N–H and O–H groups in total. The number of nitrogens with zero attached hydrogens (tertiary/aromatic N) is 2. The molecule has 7 nitrogen and oxygen atoms in total. The molecule has 1 aromatic heterocycles. The number of aliphatic hydroxyl groups is 1. The van der Waals surface area contributed by atoms with Crippen LogP contribution in [0.3, 0.4) is 0 Å². The minimum Gasteiger partial charge on any atom is -0.395 e. The summed E-state index contributed by atoms with van der Waals surface area (Å²) in [5.41, 5.74) is 2.98. The van der Waals surface area contributed by atoms with Crippen molar-refractivity contribution in [1.82, 2.24) is 15.4 Å². The number of ether oxygens (including phenoxy) is 1. The van der Waals surface area contributed by atoms with Gasteiger partial charge in [0.15, 0.2) is 0 Å². The molecule has 0 fully saturated rings. The lowest BCUT2D eigenvalue weighted by Crippen LogP contribution is -2.30. The highest BCUT2D eigenvalue weighted by molar-refractivity contribution is 6.31. The maximum absolute atomic E-state index is 13.2. The lowest BCUT2D eigenvalue weighted by atomic mass is 9.91. The number of hydrogen-bond acceptors (Lipinski definition) is 6. The lowest BCUT2D eigenvalue weighted by Gasteiger charge is -2.23. The van der Waals surface area contributed by atoms with Gasteiger partial charge in [-0.05, 0) is 49.6 Å². The molecule has 182 valence electrons. The lowest BCUT2D eigenvalue weighted by molar-refractivity contribution is -0.135. The highest BCUT2D eigenvalue weighted by atomic mass is 35.5. The molecule has 0 saturated carbocycles. The second kappa shape index (κ2) is 14.2. The first kappa shape index (κ1) is 27.1. The molecule has 0 unspecified atom stereocenters. The fourth-order valence-corrected chi connectivity index (χ4v) is 3.87. The van der Waals surface area contributed by atoms with Crippen molar-refractivity contribution in [2.24, 2.45) is 5.92 Å². The second-order valence-corrected chi connectivity index (χ2v) is 8.17. The Bertz CT molecular complexity index is 873. The molecule has 0 aliphatic carbocycles. The number of rotatable bonds is 14. The van der Waals surface area contributed by atoms with Gasteiger partial charge in [-0.3, -0.25) is 19.9 Å². The van der Waals surface area contributed by atoms with Gasteiger partial charge in [0.05, 0.1) is 29.6 Å². The van der Waals surface area contributed by atoms with E-state index in [9.17, 15) is 18.7 Å². The first-order valence-electron chi connectivity index (χ1n) is 10.7. The summed E-state index contributed by atoms with van der Waals surface area (Å²) in [6, 6.07) is 7.09. The average Bonchev–Trinajstić information content (AvgIpc) is 2.80. The minimum absolute atomic E-state index is 0.0540. The molecule has 33 heavy (non-hydrogen) atoms. The average molecular weight is 486 g/mol. The Balaban J connectivity index is 1.92. The highest BCUT2D eigenvalue weighted by Crippen LogP contribution is 2.28. The van der Waals surface area contributed by atoms with Crippen LogP contribution in [0.4, 0.5) is 8.78 Å². The quantitative estimate of drug-likeness (QED) is 0.213. The minimum atomic E-state index is -0.513. The number of pyridine rings is 1. The number of benzene rings is 1. The Hall–Kier alpha value is -2.17. The number of hydrogen-bond donors (Lipinski definition) is 3. The van der Waals surface area contributed by atoms with Crippen LogP contribution in [0, 0.1) is 17.6 Å². The number of amides is 1. The van der Waals surface area contributed by atoms with E-state index in [1.54, 1.807) is 17.6 Å². The number of halogens is 3. The van der Waals surface area contributed by atoms with Crippen LogP contribution in [0.1, 0.15) is 43.0 Å². The number of nitrogens with one attached hydrogen (secondary N) is 1. The first-order chi connectivity index (χ1) is 15.9. The SMILES string of the molecule is CO[C@H](C[C@H](CCCCN(CCO)Cc1ncc(F)cc1Cl)C(=O)NO)c1ccc(F)cc1. The van der Waals surface area contributed by atoms with Crippen LogP contribution in [0.2, 0.25) is 5.02 Å². The standard InChI is InChI=1S/C23H30ClF2N3O4/c1-33-22(16-5-7-18(25)8-6-16)12-17(23(31)28-32)4-2-3-9-29(10-11-30)15-21-20(24)13-19(26)14-27-21/h5-8,13-14,17,22,30,32H,2-4,9-12,15H2,1H3,(H,28,31)/t17-,22+/m0/s1. The van der Waals surface area contributed by atoms with Crippen molar-refractivity contribution < 1.29 is 28.6 Å². The fraction of sp³-hybridized carbons (Fsp3) is 0.478. The monoisotopic (exact) mass is 485 g/mol. The summed E-state index contributed by atoms with van der Waals surface area (Å²) in [7, 11) is 1.52. The van der Waals surface area contributed by atoms with Crippen molar-refractivity contribution in [1.29, 1.82) is 0 Å². The maximum atomic E-state index is 13.2. The van der Waals surface area contributed by atoms with E-state index in [0.717, 1.165) is 11.8 Å². The summed E-state index contributed by atoms with van der Waals surface area (Å²) in [5, 5.41) is 18.7. The van der Waals surface area contributed by atoms with Crippen molar-refractivity contribution in [3.63, 3.8) is 0 Å². The van der Waals surface area contributed by atoms with E-state index in [2.05, 4.69) is 4.98 Å². The van der Waals surface area contributed by atoms with E-state index in [1.165, 1.54) is 25.3 Å². The van der Waals surface area contributed by atoms with Gasteiger partial charge in [0.2, 0.25) is 5.91 Å². The molecule has 2 aromatic rings. The van der Waals surface area contributed by atoms with Gasteiger partial charge in [-0.15, -0.1) is 0 Å². The molecular formula is C23H30ClF2N3O4. The van der Waals surface area contributed by atoms with E-state index >= 15 is 0 Å². The van der Waals surface area contributed by atoms with Crippen molar-refractivity contribution in [2.45, 2.75) is 38.3 Å². The van der Waals surface area contributed by atoms with Gasteiger partial charge in [-0.25, -0.2) is 14.3 Å². The van der Waals surface area contributed by atoms with Crippen LogP contribution in [-0.4, -0.2) is 52.9 Å². The molecule has 2 rings (SSSR count).